The van der Waals surface area contributed by atoms with Crippen molar-refractivity contribution in [2.24, 2.45) is 0 Å². The molecular weight excluding hydrogens is 208 g/mol. The maximum atomic E-state index is 10.6. The van der Waals surface area contributed by atoms with Crippen LogP contribution in [0.15, 0.2) is 18.2 Å². The first-order valence-electron chi connectivity index (χ1n) is 5.21. The smallest absolute Gasteiger partial charge is 0.161 e. The largest absolute Gasteiger partial charge is 0.493 e. The van der Waals surface area contributed by atoms with Crippen LogP contribution in [0.3, 0.4) is 0 Å². The highest BCUT2D eigenvalue weighted by atomic mass is 16.6. The predicted molar refractivity (Wildman–Crippen MR) is 58.2 cm³/mol. The van der Waals surface area contributed by atoms with E-state index in [1.807, 2.05) is 0 Å². The number of rotatable bonds is 4. The molecule has 16 heavy (non-hydrogen) atoms. The fraction of sp³-hybridized carbons (Fsp3) is 0.417. The summed E-state index contributed by atoms with van der Waals surface area (Å²) < 4.78 is 16.1. The molecule has 1 heterocycles. The van der Waals surface area contributed by atoms with E-state index in [1.54, 1.807) is 25.3 Å². The number of carbonyl (C=O) groups excluding carboxylic acids is 1. The van der Waals surface area contributed by atoms with Gasteiger partial charge >= 0.3 is 0 Å². The number of aldehydes is 1. The Morgan fingerprint density at radius 3 is 2.94 bits per heavy atom. The monoisotopic (exact) mass is 222 g/mol. The molecule has 1 atom stereocenters. The Bertz CT molecular complexity index is 369. The van der Waals surface area contributed by atoms with E-state index >= 15 is 0 Å². The van der Waals surface area contributed by atoms with Crippen LogP contribution < -0.4 is 9.47 Å². The zero-order valence-corrected chi connectivity index (χ0v) is 9.14. The Morgan fingerprint density at radius 1 is 1.44 bits per heavy atom. The quantitative estimate of drug-likeness (QED) is 0.727. The lowest BCUT2D eigenvalue weighted by molar-refractivity contribution is 0.112. The highest BCUT2D eigenvalue weighted by Gasteiger charge is 2.18. The van der Waals surface area contributed by atoms with Gasteiger partial charge in [-0.3, -0.25) is 4.79 Å². The van der Waals surface area contributed by atoms with E-state index in [2.05, 4.69) is 0 Å². The van der Waals surface area contributed by atoms with E-state index < -0.39 is 0 Å². The summed E-state index contributed by atoms with van der Waals surface area (Å²) in [6, 6.07) is 5.12. The van der Waals surface area contributed by atoms with Crippen LogP contribution in [0.25, 0.3) is 0 Å². The van der Waals surface area contributed by atoms with Crippen molar-refractivity contribution in [3.05, 3.63) is 23.8 Å². The molecule has 1 aromatic rings. The minimum absolute atomic E-state index is 0.0796. The van der Waals surface area contributed by atoms with Crippen molar-refractivity contribution < 1.29 is 19.0 Å². The molecule has 0 radical (unpaired) electrons. The van der Waals surface area contributed by atoms with Crippen molar-refractivity contribution >= 4 is 6.29 Å². The molecule has 0 spiro atoms. The van der Waals surface area contributed by atoms with Gasteiger partial charge in [-0.25, -0.2) is 0 Å². The zero-order chi connectivity index (χ0) is 11.4. The van der Waals surface area contributed by atoms with E-state index in [1.165, 1.54) is 0 Å². The van der Waals surface area contributed by atoms with Gasteiger partial charge in [0.05, 0.1) is 20.3 Å². The van der Waals surface area contributed by atoms with Crippen molar-refractivity contribution in [2.75, 3.05) is 20.3 Å². The van der Waals surface area contributed by atoms with Gasteiger partial charge in [-0.1, -0.05) is 0 Å². The topological polar surface area (TPSA) is 44.8 Å². The molecule has 1 aromatic carbocycles. The summed E-state index contributed by atoms with van der Waals surface area (Å²) in [7, 11) is 1.56. The van der Waals surface area contributed by atoms with Crippen LogP contribution in [-0.4, -0.2) is 32.7 Å². The summed E-state index contributed by atoms with van der Waals surface area (Å²) in [4.78, 5) is 10.6. The minimum Gasteiger partial charge on any atom is -0.493 e. The molecule has 1 aliphatic heterocycles. The molecule has 0 aromatic heterocycles. The maximum Gasteiger partial charge on any atom is 0.161 e. The molecule has 0 N–H and O–H groups in total. The van der Waals surface area contributed by atoms with Crippen molar-refractivity contribution in [1.29, 1.82) is 0 Å². The van der Waals surface area contributed by atoms with Gasteiger partial charge in [0.25, 0.3) is 0 Å². The lowest BCUT2D eigenvalue weighted by Crippen LogP contribution is -2.16. The van der Waals surface area contributed by atoms with E-state index in [0.29, 0.717) is 23.7 Å². The fourth-order valence-electron chi connectivity index (χ4n) is 1.64. The molecule has 0 saturated carbocycles. The maximum absolute atomic E-state index is 10.6. The first-order valence-corrected chi connectivity index (χ1v) is 5.21. The SMILES string of the molecule is COc1cc(C=O)ccc1OC1CCOC1. The third-order valence-electron chi connectivity index (χ3n) is 2.51. The second kappa shape index (κ2) is 4.99. The molecule has 0 aliphatic carbocycles. The standard InChI is InChI=1S/C12H14O4/c1-14-12-6-9(7-13)2-3-11(12)16-10-4-5-15-8-10/h2-3,6-7,10H,4-5,8H2,1H3. The van der Waals surface area contributed by atoms with Crippen LogP contribution in [-0.2, 0) is 4.74 Å². The Balaban J connectivity index is 2.15. The van der Waals surface area contributed by atoms with Gasteiger partial charge in [-0.15, -0.1) is 0 Å². The molecule has 0 amide bonds. The molecule has 1 fully saturated rings. The summed E-state index contributed by atoms with van der Waals surface area (Å²) >= 11 is 0. The number of hydrogen-bond donors (Lipinski definition) is 0. The van der Waals surface area contributed by atoms with Crippen LogP contribution in [0.5, 0.6) is 11.5 Å². The third kappa shape index (κ3) is 2.33. The summed E-state index contributed by atoms with van der Waals surface area (Å²) in [6.45, 7) is 1.35. The lowest BCUT2D eigenvalue weighted by Gasteiger charge is -2.14. The summed E-state index contributed by atoms with van der Waals surface area (Å²) in [5.41, 5.74) is 0.576. The number of benzene rings is 1. The Labute approximate surface area is 94.1 Å². The molecule has 1 unspecified atom stereocenters. The summed E-state index contributed by atoms with van der Waals surface area (Å²) in [5, 5.41) is 0. The molecule has 0 bridgehead atoms. The van der Waals surface area contributed by atoms with E-state index in [-0.39, 0.29) is 6.10 Å². The van der Waals surface area contributed by atoms with Gasteiger partial charge in [-0.2, -0.15) is 0 Å². The molecule has 4 nitrogen and oxygen atoms in total. The van der Waals surface area contributed by atoms with Gasteiger partial charge in [0, 0.05) is 12.0 Å². The van der Waals surface area contributed by atoms with Gasteiger partial charge < -0.3 is 14.2 Å². The third-order valence-corrected chi connectivity index (χ3v) is 2.51. The van der Waals surface area contributed by atoms with Gasteiger partial charge in [0.15, 0.2) is 11.5 Å². The Morgan fingerprint density at radius 2 is 2.31 bits per heavy atom. The van der Waals surface area contributed by atoms with Crippen molar-refractivity contribution in [3.63, 3.8) is 0 Å². The molecule has 4 heteroatoms. The molecule has 1 saturated heterocycles. The van der Waals surface area contributed by atoms with Crippen LogP contribution in [0.1, 0.15) is 16.8 Å². The molecule has 2 rings (SSSR count). The number of methoxy groups -OCH3 is 1. The fourth-order valence-corrected chi connectivity index (χ4v) is 1.64. The number of carbonyl (C=O) groups is 1. The van der Waals surface area contributed by atoms with E-state index in [9.17, 15) is 4.79 Å². The van der Waals surface area contributed by atoms with Gasteiger partial charge in [-0.05, 0) is 18.2 Å². The highest BCUT2D eigenvalue weighted by Crippen LogP contribution is 2.29. The van der Waals surface area contributed by atoms with Crippen molar-refractivity contribution in [3.8, 4) is 11.5 Å². The Hall–Kier alpha value is -1.55. The van der Waals surface area contributed by atoms with Crippen molar-refractivity contribution in [2.45, 2.75) is 12.5 Å². The highest BCUT2D eigenvalue weighted by molar-refractivity contribution is 5.76. The average Bonchev–Trinajstić information content (AvgIpc) is 2.82. The number of hydrogen-bond acceptors (Lipinski definition) is 4. The van der Waals surface area contributed by atoms with Crippen LogP contribution in [0.2, 0.25) is 0 Å². The number of ether oxygens (including phenoxy) is 3. The summed E-state index contributed by atoms with van der Waals surface area (Å²) in [6.07, 6.45) is 1.75. The van der Waals surface area contributed by atoms with Crippen molar-refractivity contribution in [1.82, 2.24) is 0 Å². The summed E-state index contributed by atoms with van der Waals surface area (Å²) in [5.74, 6) is 1.24. The first kappa shape index (κ1) is 11.0. The molecular formula is C12H14O4. The van der Waals surface area contributed by atoms with E-state index in [4.69, 9.17) is 14.2 Å². The molecule has 86 valence electrons. The minimum atomic E-state index is 0.0796. The lowest BCUT2D eigenvalue weighted by atomic mass is 10.2. The van der Waals surface area contributed by atoms with Gasteiger partial charge in [0.1, 0.15) is 12.4 Å². The van der Waals surface area contributed by atoms with Gasteiger partial charge in [0.2, 0.25) is 0 Å². The Kier molecular flexibility index (Phi) is 3.41. The van der Waals surface area contributed by atoms with E-state index in [0.717, 1.165) is 19.3 Å². The van der Waals surface area contributed by atoms with Crippen LogP contribution in [0, 0.1) is 0 Å². The van der Waals surface area contributed by atoms with Crippen LogP contribution >= 0.6 is 0 Å². The van der Waals surface area contributed by atoms with Crippen LogP contribution in [0.4, 0.5) is 0 Å². The predicted octanol–water partition coefficient (Wildman–Crippen LogP) is 1.68. The first-order chi connectivity index (χ1) is 7.83. The average molecular weight is 222 g/mol. The second-order valence-corrected chi connectivity index (χ2v) is 3.63. The molecule has 1 aliphatic rings. The second-order valence-electron chi connectivity index (χ2n) is 3.63. The zero-order valence-electron chi connectivity index (χ0n) is 9.14. The normalized spacial score (nSPS) is 19.4.